The van der Waals surface area contributed by atoms with Crippen LogP contribution in [0.3, 0.4) is 0 Å². The number of hydrogen-bond acceptors (Lipinski definition) is 1. The van der Waals surface area contributed by atoms with E-state index in [1.165, 1.54) is 16.3 Å². The van der Waals surface area contributed by atoms with Crippen molar-refractivity contribution in [2.45, 2.75) is 34.6 Å². The first-order valence-corrected chi connectivity index (χ1v) is 6.34. The van der Waals surface area contributed by atoms with Crippen LogP contribution >= 0.6 is 0 Å². The molecule has 0 atom stereocenters. The Morgan fingerprint density at radius 2 is 1.29 bits per heavy atom. The van der Waals surface area contributed by atoms with Crippen molar-refractivity contribution in [2.75, 3.05) is 7.11 Å². The van der Waals surface area contributed by atoms with Crippen molar-refractivity contribution >= 4 is 10.8 Å². The molecule has 0 fully saturated rings. The smallest absolute Gasteiger partial charge is 0.119 e. The van der Waals surface area contributed by atoms with Gasteiger partial charge in [-0.2, -0.15) is 0 Å². The molecule has 0 spiro atoms. The van der Waals surface area contributed by atoms with Crippen LogP contribution in [-0.4, -0.2) is 7.11 Å². The fraction of sp³-hybridized carbons (Fsp3) is 0.375. The molecule has 0 amide bonds. The van der Waals surface area contributed by atoms with Crippen molar-refractivity contribution in [3.05, 3.63) is 42.0 Å². The van der Waals surface area contributed by atoms with Crippen molar-refractivity contribution in [1.29, 1.82) is 0 Å². The maximum atomic E-state index is 5.15. The van der Waals surface area contributed by atoms with E-state index >= 15 is 0 Å². The van der Waals surface area contributed by atoms with Crippen LogP contribution in [-0.2, 0) is 0 Å². The Balaban J connectivity index is 0.000000581. The second-order valence-corrected chi connectivity index (χ2v) is 3.22. The number of methoxy groups -OCH3 is 1. The van der Waals surface area contributed by atoms with Gasteiger partial charge in [-0.15, -0.1) is 0 Å². The predicted molar refractivity (Wildman–Crippen MR) is 77.9 cm³/mol. The van der Waals surface area contributed by atoms with E-state index in [-0.39, 0.29) is 0 Å². The first kappa shape index (κ1) is 15.5. The highest BCUT2D eigenvalue weighted by Gasteiger charge is 1.95. The van der Waals surface area contributed by atoms with Crippen molar-refractivity contribution in [2.24, 2.45) is 0 Å². The monoisotopic (exact) mass is 232 g/mol. The van der Waals surface area contributed by atoms with Crippen molar-refractivity contribution in [3.63, 3.8) is 0 Å². The molecule has 0 aromatic heterocycles. The molecule has 0 saturated heterocycles. The lowest BCUT2D eigenvalue weighted by Crippen LogP contribution is -1.82. The Labute approximate surface area is 105 Å². The van der Waals surface area contributed by atoms with Gasteiger partial charge in [0.05, 0.1) is 7.11 Å². The molecule has 0 unspecified atom stereocenters. The van der Waals surface area contributed by atoms with Gasteiger partial charge >= 0.3 is 0 Å². The highest BCUT2D eigenvalue weighted by Crippen LogP contribution is 2.21. The van der Waals surface area contributed by atoms with Gasteiger partial charge in [-0.1, -0.05) is 57.5 Å². The Hall–Kier alpha value is -1.50. The van der Waals surface area contributed by atoms with Crippen molar-refractivity contribution in [1.82, 2.24) is 0 Å². The SMILES string of the molecule is CC.CC.COc1ccc2cc(C)ccc2c1. The Morgan fingerprint density at radius 3 is 1.88 bits per heavy atom. The average Bonchev–Trinajstić information content (AvgIpc) is 2.42. The summed E-state index contributed by atoms with van der Waals surface area (Å²) in [7, 11) is 1.69. The van der Waals surface area contributed by atoms with Crippen LogP contribution in [0.25, 0.3) is 10.8 Å². The first-order chi connectivity index (χ1) is 8.29. The summed E-state index contributed by atoms with van der Waals surface area (Å²) in [6, 6.07) is 12.5. The molecule has 0 N–H and O–H groups in total. The summed E-state index contributed by atoms with van der Waals surface area (Å²) in [6.45, 7) is 10.1. The molecule has 1 heteroatoms. The van der Waals surface area contributed by atoms with Gasteiger partial charge in [0.15, 0.2) is 0 Å². The maximum absolute atomic E-state index is 5.15. The zero-order chi connectivity index (χ0) is 13.3. The van der Waals surface area contributed by atoms with Crippen LogP contribution in [0.1, 0.15) is 33.3 Å². The van der Waals surface area contributed by atoms with Crippen LogP contribution in [0.2, 0.25) is 0 Å². The molecule has 17 heavy (non-hydrogen) atoms. The van der Waals surface area contributed by atoms with Crippen LogP contribution < -0.4 is 4.74 Å². The van der Waals surface area contributed by atoms with Gasteiger partial charge in [-0.3, -0.25) is 0 Å². The number of hydrogen-bond donors (Lipinski definition) is 0. The van der Waals surface area contributed by atoms with Crippen molar-refractivity contribution in [3.8, 4) is 5.75 Å². The zero-order valence-electron chi connectivity index (χ0n) is 11.9. The topological polar surface area (TPSA) is 9.23 Å². The minimum atomic E-state index is 0.913. The minimum Gasteiger partial charge on any atom is -0.497 e. The lowest BCUT2D eigenvalue weighted by Gasteiger charge is -2.02. The van der Waals surface area contributed by atoms with Crippen LogP contribution in [0, 0.1) is 6.92 Å². The van der Waals surface area contributed by atoms with E-state index < -0.39 is 0 Å². The molecule has 2 aromatic rings. The number of rotatable bonds is 1. The number of benzene rings is 2. The van der Waals surface area contributed by atoms with Gasteiger partial charge in [-0.05, 0) is 29.8 Å². The fourth-order valence-corrected chi connectivity index (χ4v) is 1.47. The third-order valence-corrected chi connectivity index (χ3v) is 2.20. The molecular weight excluding hydrogens is 208 g/mol. The van der Waals surface area contributed by atoms with Gasteiger partial charge < -0.3 is 4.74 Å². The lowest BCUT2D eigenvalue weighted by atomic mass is 10.1. The molecule has 2 aromatic carbocycles. The van der Waals surface area contributed by atoms with Gasteiger partial charge in [0.25, 0.3) is 0 Å². The minimum absolute atomic E-state index is 0.913. The molecule has 0 aliphatic rings. The van der Waals surface area contributed by atoms with Gasteiger partial charge in [0, 0.05) is 0 Å². The number of fused-ring (bicyclic) bond motifs is 1. The summed E-state index contributed by atoms with van der Waals surface area (Å²) in [5.74, 6) is 0.913. The zero-order valence-corrected chi connectivity index (χ0v) is 11.9. The van der Waals surface area contributed by atoms with E-state index in [0.717, 1.165) is 5.75 Å². The second kappa shape index (κ2) is 8.63. The molecule has 0 bridgehead atoms. The summed E-state index contributed by atoms with van der Waals surface area (Å²) < 4.78 is 5.15. The largest absolute Gasteiger partial charge is 0.497 e. The van der Waals surface area contributed by atoms with E-state index in [1.807, 2.05) is 33.8 Å². The highest BCUT2D eigenvalue weighted by molar-refractivity contribution is 5.84. The Bertz CT molecular complexity index is 432. The number of ether oxygens (including phenoxy) is 1. The normalized spacial score (nSPS) is 8.59. The maximum Gasteiger partial charge on any atom is 0.119 e. The predicted octanol–water partition coefficient (Wildman–Crippen LogP) is 5.21. The third kappa shape index (κ3) is 4.48. The summed E-state index contributed by atoms with van der Waals surface area (Å²) in [6.07, 6.45) is 0. The highest BCUT2D eigenvalue weighted by atomic mass is 16.5. The quantitative estimate of drug-likeness (QED) is 0.656. The van der Waals surface area contributed by atoms with E-state index in [4.69, 9.17) is 4.74 Å². The summed E-state index contributed by atoms with van der Waals surface area (Å²) in [4.78, 5) is 0. The molecule has 0 aliphatic heterocycles. The first-order valence-electron chi connectivity index (χ1n) is 6.34. The molecule has 2 rings (SSSR count). The molecular formula is C16H24O. The average molecular weight is 232 g/mol. The van der Waals surface area contributed by atoms with Crippen LogP contribution in [0.4, 0.5) is 0 Å². The fourth-order valence-electron chi connectivity index (χ4n) is 1.47. The van der Waals surface area contributed by atoms with E-state index in [9.17, 15) is 0 Å². The van der Waals surface area contributed by atoms with Crippen LogP contribution in [0.15, 0.2) is 36.4 Å². The molecule has 0 heterocycles. The molecule has 1 nitrogen and oxygen atoms in total. The van der Waals surface area contributed by atoms with Crippen molar-refractivity contribution < 1.29 is 4.74 Å². The molecule has 0 radical (unpaired) electrons. The standard InChI is InChI=1S/C12H12O.2C2H6/c1-9-3-4-11-8-12(13-2)6-5-10(11)7-9;2*1-2/h3-8H,1-2H3;2*1-2H3. The third-order valence-electron chi connectivity index (χ3n) is 2.20. The lowest BCUT2D eigenvalue weighted by molar-refractivity contribution is 0.415. The van der Waals surface area contributed by atoms with Gasteiger partial charge in [0.1, 0.15) is 5.75 Å². The molecule has 94 valence electrons. The summed E-state index contributed by atoms with van der Waals surface area (Å²) >= 11 is 0. The van der Waals surface area contributed by atoms with Gasteiger partial charge in [-0.25, -0.2) is 0 Å². The molecule has 0 saturated carbocycles. The molecule has 0 aliphatic carbocycles. The Kier molecular flexibility index (Phi) is 7.87. The number of aryl methyl sites for hydroxylation is 1. The second-order valence-electron chi connectivity index (χ2n) is 3.22. The summed E-state index contributed by atoms with van der Waals surface area (Å²) in [5, 5.41) is 2.49. The van der Waals surface area contributed by atoms with E-state index in [2.05, 4.69) is 37.3 Å². The van der Waals surface area contributed by atoms with Crippen LogP contribution in [0.5, 0.6) is 5.75 Å². The van der Waals surface area contributed by atoms with E-state index in [1.54, 1.807) is 7.11 Å². The Morgan fingerprint density at radius 1 is 0.765 bits per heavy atom. The van der Waals surface area contributed by atoms with E-state index in [0.29, 0.717) is 0 Å². The summed E-state index contributed by atoms with van der Waals surface area (Å²) in [5.41, 5.74) is 1.29. The van der Waals surface area contributed by atoms with Gasteiger partial charge in [0.2, 0.25) is 0 Å².